The monoisotopic (exact) mass is 315 g/mol. The minimum Gasteiger partial charge on any atom is -0.490 e. The molecule has 0 saturated carbocycles. The van der Waals surface area contributed by atoms with Crippen LogP contribution < -0.4 is 15.8 Å². The summed E-state index contributed by atoms with van der Waals surface area (Å²) >= 11 is 0. The van der Waals surface area contributed by atoms with Gasteiger partial charge in [-0.15, -0.1) is 0 Å². The molecule has 23 heavy (non-hydrogen) atoms. The van der Waals surface area contributed by atoms with E-state index in [9.17, 15) is 19.7 Å². The van der Waals surface area contributed by atoms with Crippen molar-refractivity contribution in [3.63, 3.8) is 0 Å². The minimum absolute atomic E-state index is 0.0577. The standard InChI is InChI=1S/C15H13N3O5/c1-23-13-6-5-10(8-12(13)18(21)22)15(20)17-11-4-2-3-9(7-11)14(16)19/h2-8H,1H3,(H2,16,19)(H,17,20). The minimum atomic E-state index is -0.636. The molecule has 2 amide bonds. The topological polar surface area (TPSA) is 125 Å². The Labute approximate surface area is 131 Å². The van der Waals surface area contributed by atoms with Crippen molar-refractivity contribution in [3.05, 3.63) is 63.7 Å². The molecule has 2 rings (SSSR count). The number of ether oxygens (including phenoxy) is 1. The maximum absolute atomic E-state index is 12.2. The molecule has 0 aliphatic carbocycles. The molecular formula is C15H13N3O5. The maximum atomic E-state index is 12.2. The third-order valence-corrected chi connectivity index (χ3v) is 3.04. The van der Waals surface area contributed by atoms with E-state index in [1.165, 1.54) is 31.4 Å². The van der Waals surface area contributed by atoms with Gasteiger partial charge in [0.25, 0.3) is 5.91 Å². The van der Waals surface area contributed by atoms with Crippen molar-refractivity contribution < 1.29 is 19.2 Å². The van der Waals surface area contributed by atoms with Crippen molar-refractivity contribution in [1.82, 2.24) is 0 Å². The van der Waals surface area contributed by atoms with E-state index in [0.29, 0.717) is 5.69 Å². The number of nitro groups is 1. The molecule has 0 bridgehead atoms. The first-order chi connectivity index (χ1) is 10.9. The highest BCUT2D eigenvalue weighted by molar-refractivity contribution is 6.05. The van der Waals surface area contributed by atoms with Crippen LogP contribution in [0.25, 0.3) is 0 Å². The van der Waals surface area contributed by atoms with Gasteiger partial charge >= 0.3 is 5.69 Å². The highest BCUT2D eigenvalue weighted by Crippen LogP contribution is 2.27. The SMILES string of the molecule is COc1ccc(C(=O)Nc2cccc(C(N)=O)c2)cc1[N+](=O)[O-]. The van der Waals surface area contributed by atoms with E-state index in [2.05, 4.69) is 5.32 Å². The van der Waals surface area contributed by atoms with Crippen LogP contribution in [0.4, 0.5) is 11.4 Å². The van der Waals surface area contributed by atoms with Gasteiger partial charge in [0.1, 0.15) is 0 Å². The third-order valence-electron chi connectivity index (χ3n) is 3.04. The number of nitrogens with one attached hydrogen (secondary N) is 1. The summed E-state index contributed by atoms with van der Waals surface area (Å²) in [5, 5.41) is 13.5. The lowest BCUT2D eigenvalue weighted by Crippen LogP contribution is -2.14. The Hall–Kier alpha value is -3.42. The third kappa shape index (κ3) is 3.62. The molecule has 0 aliphatic heterocycles. The summed E-state index contributed by atoms with van der Waals surface area (Å²) in [4.78, 5) is 33.6. The van der Waals surface area contributed by atoms with Crippen LogP contribution in [0, 0.1) is 10.1 Å². The fraction of sp³-hybridized carbons (Fsp3) is 0.0667. The molecule has 3 N–H and O–H groups in total. The number of hydrogen-bond donors (Lipinski definition) is 2. The molecule has 0 aliphatic rings. The highest BCUT2D eigenvalue weighted by Gasteiger charge is 2.18. The molecule has 118 valence electrons. The van der Waals surface area contributed by atoms with Gasteiger partial charge in [0.05, 0.1) is 12.0 Å². The highest BCUT2D eigenvalue weighted by atomic mass is 16.6. The number of rotatable bonds is 5. The predicted octanol–water partition coefficient (Wildman–Crippen LogP) is 1.95. The normalized spacial score (nSPS) is 9.96. The number of methoxy groups -OCH3 is 1. The average Bonchev–Trinajstić information content (AvgIpc) is 2.54. The largest absolute Gasteiger partial charge is 0.490 e. The number of primary amides is 1. The number of amides is 2. The van der Waals surface area contributed by atoms with Gasteiger partial charge in [0.15, 0.2) is 5.75 Å². The van der Waals surface area contributed by atoms with E-state index in [4.69, 9.17) is 10.5 Å². The first-order valence-electron chi connectivity index (χ1n) is 6.46. The number of nitrogens with zero attached hydrogens (tertiary/aromatic N) is 1. The summed E-state index contributed by atoms with van der Waals surface area (Å²) in [5.41, 5.74) is 5.53. The molecule has 0 unspecified atom stereocenters. The Morgan fingerprint density at radius 2 is 1.91 bits per heavy atom. The molecule has 0 aromatic heterocycles. The quantitative estimate of drug-likeness (QED) is 0.644. The molecule has 0 saturated heterocycles. The van der Waals surface area contributed by atoms with Crippen molar-refractivity contribution in [3.8, 4) is 5.75 Å². The van der Waals surface area contributed by atoms with E-state index in [1.807, 2.05) is 0 Å². The van der Waals surface area contributed by atoms with Crippen molar-refractivity contribution >= 4 is 23.2 Å². The number of carbonyl (C=O) groups excluding carboxylic acids is 2. The first-order valence-corrected chi connectivity index (χ1v) is 6.46. The lowest BCUT2D eigenvalue weighted by Gasteiger charge is -2.07. The van der Waals surface area contributed by atoms with Crippen LogP contribution in [0.15, 0.2) is 42.5 Å². The van der Waals surface area contributed by atoms with Gasteiger partial charge in [0.2, 0.25) is 5.91 Å². The van der Waals surface area contributed by atoms with Gasteiger partial charge in [-0.1, -0.05) is 6.07 Å². The van der Waals surface area contributed by atoms with Crippen LogP contribution in [0.3, 0.4) is 0 Å². The predicted molar refractivity (Wildman–Crippen MR) is 82.6 cm³/mol. The molecule has 0 heterocycles. The van der Waals surface area contributed by atoms with Gasteiger partial charge in [-0.25, -0.2) is 0 Å². The second kappa shape index (κ2) is 6.56. The van der Waals surface area contributed by atoms with E-state index >= 15 is 0 Å². The Kier molecular flexibility index (Phi) is 4.55. The average molecular weight is 315 g/mol. The number of hydrogen-bond acceptors (Lipinski definition) is 5. The summed E-state index contributed by atoms with van der Waals surface area (Å²) in [6, 6.07) is 9.92. The Morgan fingerprint density at radius 1 is 1.17 bits per heavy atom. The Morgan fingerprint density at radius 3 is 2.52 bits per heavy atom. The van der Waals surface area contributed by atoms with E-state index < -0.39 is 16.7 Å². The van der Waals surface area contributed by atoms with Crippen LogP contribution in [0.5, 0.6) is 5.75 Å². The summed E-state index contributed by atoms with van der Waals surface area (Å²) in [6.07, 6.45) is 0. The Balaban J connectivity index is 2.27. The van der Waals surface area contributed by atoms with Crippen LogP contribution in [0.2, 0.25) is 0 Å². The van der Waals surface area contributed by atoms with E-state index in [-0.39, 0.29) is 22.6 Å². The molecular weight excluding hydrogens is 302 g/mol. The Bertz CT molecular complexity index is 788. The van der Waals surface area contributed by atoms with Crippen LogP contribution in [-0.4, -0.2) is 23.8 Å². The molecule has 0 radical (unpaired) electrons. The number of benzene rings is 2. The second-order valence-corrected chi connectivity index (χ2v) is 4.54. The van der Waals surface area contributed by atoms with Gasteiger partial charge in [0, 0.05) is 22.9 Å². The smallest absolute Gasteiger partial charge is 0.311 e. The summed E-state index contributed by atoms with van der Waals surface area (Å²) in [6.45, 7) is 0. The lowest BCUT2D eigenvalue weighted by molar-refractivity contribution is -0.385. The van der Waals surface area contributed by atoms with Crippen LogP contribution in [-0.2, 0) is 0 Å². The zero-order chi connectivity index (χ0) is 17.0. The molecule has 0 atom stereocenters. The first kappa shape index (κ1) is 16.0. The number of nitro benzene ring substituents is 1. The number of nitrogens with two attached hydrogens (primary N) is 1. The fourth-order valence-corrected chi connectivity index (χ4v) is 1.93. The lowest BCUT2D eigenvalue weighted by atomic mass is 10.1. The maximum Gasteiger partial charge on any atom is 0.311 e. The van der Waals surface area contributed by atoms with E-state index in [1.54, 1.807) is 12.1 Å². The molecule has 0 fully saturated rings. The van der Waals surface area contributed by atoms with Gasteiger partial charge < -0.3 is 15.8 Å². The summed E-state index contributed by atoms with van der Waals surface area (Å²) < 4.78 is 4.88. The molecule has 2 aromatic rings. The molecule has 0 spiro atoms. The molecule has 2 aromatic carbocycles. The van der Waals surface area contributed by atoms with Crippen molar-refractivity contribution in [2.45, 2.75) is 0 Å². The van der Waals surface area contributed by atoms with Crippen molar-refractivity contribution in [2.24, 2.45) is 5.73 Å². The fourth-order valence-electron chi connectivity index (χ4n) is 1.93. The molecule has 8 heteroatoms. The zero-order valence-corrected chi connectivity index (χ0v) is 12.1. The summed E-state index contributed by atoms with van der Waals surface area (Å²) in [5.74, 6) is -1.12. The van der Waals surface area contributed by atoms with Crippen molar-refractivity contribution in [2.75, 3.05) is 12.4 Å². The van der Waals surface area contributed by atoms with Gasteiger partial charge in [-0.05, 0) is 30.3 Å². The second-order valence-electron chi connectivity index (χ2n) is 4.54. The van der Waals surface area contributed by atoms with E-state index in [0.717, 1.165) is 6.07 Å². The molecule has 8 nitrogen and oxygen atoms in total. The summed E-state index contributed by atoms with van der Waals surface area (Å²) in [7, 11) is 1.30. The van der Waals surface area contributed by atoms with Crippen molar-refractivity contribution in [1.29, 1.82) is 0 Å². The van der Waals surface area contributed by atoms with Crippen LogP contribution >= 0.6 is 0 Å². The van der Waals surface area contributed by atoms with Gasteiger partial charge in [-0.3, -0.25) is 19.7 Å². The number of carbonyl (C=O) groups is 2. The number of anilines is 1. The van der Waals surface area contributed by atoms with Gasteiger partial charge in [-0.2, -0.15) is 0 Å². The van der Waals surface area contributed by atoms with Crippen LogP contribution in [0.1, 0.15) is 20.7 Å². The zero-order valence-electron chi connectivity index (χ0n) is 12.1.